The number of nitrogens with one attached hydrogen (secondary N) is 1. The molecular weight excluding hydrogens is 232 g/mol. The molecule has 7 nitrogen and oxygen atoms in total. The number of anilines is 1. The second-order valence-electron chi connectivity index (χ2n) is 3.81. The molecular formula is C11H10N6O. The summed E-state index contributed by atoms with van der Waals surface area (Å²) in [5.41, 5.74) is 12.6. The Kier molecular flexibility index (Phi) is 2.06. The van der Waals surface area contributed by atoms with E-state index in [1.54, 1.807) is 0 Å². The van der Waals surface area contributed by atoms with E-state index in [-0.39, 0.29) is 11.4 Å². The molecule has 1 amide bonds. The van der Waals surface area contributed by atoms with Gasteiger partial charge in [0.15, 0.2) is 5.82 Å². The number of H-pyrrole nitrogens is 1. The van der Waals surface area contributed by atoms with Crippen molar-refractivity contribution in [3.63, 3.8) is 0 Å². The van der Waals surface area contributed by atoms with Crippen LogP contribution in [0.2, 0.25) is 0 Å². The Morgan fingerprint density at radius 3 is 2.78 bits per heavy atom. The maximum Gasteiger partial charge on any atom is 0.254 e. The number of primary amides is 1. The van der Waals surface area contributed by atoms with Crippen molar-refractivity contribution in [1.82, 2.24) is 19.7 Å². The number of nitrogens with zero attached hydrogens (tertiary/aromatic N) is 3. The Balaban J connectivity index is 2.14. The first kappa shape index (κ1) is 10.3. The van der Waals surface area contributed by atoms with Crippen molar-refractivity contribution in [2.75, 3.05) is 5.73 Å². The predicted octanol–water partition coefficient (Wildman–Crippen LogP) is 0.430. The molecule has 2 aromatic heterocycles. The second kappa shape index (κ2) is 3.59. The fourth-order valence-electron chi connectivity index (χ4n) is 1.73. The van der Waals surface area contributed by atoms with Crippen LogP contribution in [0.4, 0.5) is 5.82 Å². The molecule has 0 saturated carbocycles. The second-order valence-corrected chi connectivity index (χ2v) is 3.81. The van der Waals surface area contributed by atoms with Crippen LogP contribution < -0.4 is 11.5 Å². The molecule has 0 radical (unpaired) electrons. The summed E-state index contributed by atoms with van der Waals surface area (Å²) >= 11 is 0. The normalized spacial score (nSPS) is 10.9. The summed E-state index contributed by atoms with van der Waals surface area (Å²) in [6.07, 6.45) is 1.45. The van der Waals surface area contributed by atoms with Crippen LogP contribution in [0.15, 0.2) is 30.5 Å². The van der Waals surface area contributed by atoms with Crippen LogP contribution in [0.3, 0.4) is 0 Å². The smallest absolute Gasteiger partial charge is 0.254 e. The fraction of sp³-hybridized carbons (Fsp3) is 0. The molecule has 0 aliphatic heterocycles. The number of rotatable bonds is 2. The number of nitrogens with two attached hydrogens (primary N) is 2. The molecule has 3 rings (SSSR count). The van der Waals surface area contributed by atoms with E-state index < -0.39 is 5.91 Å². The zero-order chi connectivity index (χ0) is 12.7. The Bertz CT molecular complexity index is 708. The Hall–Kier alpha value is -2.83. The lowest BCUT2D eigenvalue weighted by molar-refractivity contribution is 0.100. The molecule has 0 fully saturated rings. The SMILES string of the molecule is NC(=O)c1cn(-c2nc3ccccc3[nH]2)nc1N. The fourth-order valence-corrected chi connectivity index (χ4v) is 1.73. The molecule has 5 N–H and O–H groups in total. The maximum atomic E-state index is 11.1. The lowest BCUT2D eigenvalue weighted by atomic mass is 10.3. The molecule has 0 atom stereocenters. The number of amides is 1. The average molecular weight is 242 g/mol. The van der Waals surface area contributed by atoms with E-state index >= 15 is 0 Å². The highest BCUT2D eigenvalue weighted by molar-refractivity contribution is 5.97. The van der Waals surface area contributed by atoms with Crippen molar-refractivity contribution in [2.45, 2.75) is 0 Å². The standard InChI is InChI=1S/C11H10N6O/c12-9-6(10(13)18)5-17(16-9)11-14-7-3-1-2-4-8(7)15-11/h1-5H,(H2,12,16)(H2,13,18)(H,14,15). The number of fused-ring (bicyclic) bond motifs is 1. The van der Waals surface area contributed by atoms with Crippen molar-refractivity contribution >= 4 is 22.8 Å². The molecule has 0 aliphatic carbocycles. The van der Waals surface area contributed by atoms with Crippen molar-refractivity contribution in [1.29, 1.82) is 0 Å². The summed E-state index contributed by atoms with van der Waals surface area (Å²) < 4.78 is 1.40. The van der Waals surface area contributed by atoms with Crippen molar-refractivity contribution in [3.8, 4) is 5.95 Å². The van der Waals surface area contributed by atoms with E-state index in [1.165, 1.54) is 10.9 Å². The number of para-hydroxylation sites is 2. The van der Waals surface area contributed by atoms with Gasteiger partial charge >= 0.3 is 0 Å². The zero-order valence-electron chi connectivity index (χ0n) is 9.29. The summed E-state index contributed by atoms with van der Waals surface area (Å²) in [6, 6.07) is 7.56. The molecule has 7 heteroatoms. The van der Waals surface area contributed by atoms with Crippen LogP contribution in [-0.4, -0.2) is 25.7 Å². The number of benzene rings is 1. The van der Waals surface area contributed by atoms with E-state index in [0.29, 0.717) is 5.95 Å². The summed E-state index contributed by atoms with van der Waals surface area (Å²) in [7, 11) is 0. The van der Waals surface area contributed by atoms with Crippen LogP contribution in [0, 0.1) is 0 Å². The maximum absolute atomic E-state index is 11.1. The van der Waals surface area contributed by atoms with Crippen molar-refractivity contribution in [2.24, 2.45) is 5.73 Å². The average Bonchev–Trinajstić information content (AvgIpc) is 2.91. The topological polar surface area (TPSA) is 116 Å². The highest BCUT2D eigenvalue weighted by Gasteiger charge is 2.13. The summed E-state index contributed by atoms with van der Waals surface area (Å²) in [5, 5.41) is 4.00. The van der Waals surface area contributed by atoms with Gasteiger partial charge in [-0.2, -0.15) is 0 Å². The minimum Gasteiger partial charge on any atom is -0.382 e. The number of nitrogen functional groups attached to an aromatic ring is 1. The van der Waals surface area contributed by atoms with Gasteiger partial charge in [-0.1, -0.05) is 12.1 Å². The highest BCUT2D eigenvalue weighted by atomic mass is 16.1. The quantitative estimate of drug-likeness (QED) is 0.604. The molecule has 1 aromatic carbocycles. The van der Waals surface area contributed by atoms with Gasteiger partial charge in [0.2, 0.25) is 5.95 Å². The van der Waals surface area contributed by atoms with Crippen LogP contribution in [-0.2, 0) is 0 Å². The van der Waals surface area contributed by atoms with Gasteiger partial charge < -0.3 is 16.5 Å². The molecule has 0 aliphatic rings. The third-order valence-corrected chi connectivity index (χ3v) is 2.60. The minimum absolute atomic E-state index is 0.0861. The van der Waals surface area contributed by atoms with Crippen LogP contribution in [0.5, 0.6) is 0 Å². The van der Waals surface area contributed by atoms with Gasteiger partial charge in [0, 0.05) is 6.20 Å². The third-order valence-electron chi connectivity index (χ3n) is 2.60. The monoisotopic (exact) mass is 242 g/mol. The molecule has 0 bridgehead atoms. The van der Waals surface area contributed by atoms with Gasteiger partial charge in [-0.15, -0.1) is 5.10 Å². The number of aromatic amines is 1. The molecule has 3 aromatic rings. The van der Waals surface area contributed by atoms with Gasteiger partial charge in [0.1, 0.15) is 5.56 Å². The molecule has 0 spiro atoms. The van der Waals surface area contributed by atoms with Crippen molar-refractivity contribution < 1.29 is 4.79 Å². The number of hydrogen-bond donors (Lipinski definition) is 3. The molecule has 2 heterocycles. The third kappa shape index (κ3) is 1.49. The van der Waals surface area contributed by atoms with Crippen LogP contribution >= 0.6 is 0 Å². The van der Waals surface area contributed by atoms with E-state index in [4.69, 9.17) is 11.5 Å². The van der Waals surface area contributed by atoms with Gasteiger partial charge in [0.25, 0.3) is 5.91 Å². The van der Waals surface area contributed by atoms with Gasteiger partial charge in [-0.3, -0.25) is 4.79 Å². The number of carbonyl (C=O) groups is 1. The summed E-state index contributed by atoms with van der Waals surface area (Å²) in [5.74, 6) is -0.0479. The van der Waals surface area contributed by atoms with Gasteiger partial charge in [-0.25, -0.2) is 9.67 Å². The minimum atomic E-state index is -0.616. The molecule has 90 valence electrons. The van der Waals surface area contributed by atoms with Gasteiger partial charge in [0.05, 0.1) is 11.0 Å². The summed E-state index contributed by atoms with van der Waals surface area (Å²) in [4.78, 5) is 18.5. The van der Waals surface area contributed by atoms with E-state index in [2.05, 4.69) is 15.1 Å². The first-order chi connectivity index (χ1) is 8.65. The van der Waals surface area contributed by atoms with Crippen LogP contribution in [0.25, 0.3) is 17.0 Å². The highest BCUT2D eigenvalue weighted by Crippen LogP contribution is 2.15. The van der Waals surface area contributed by atoms with E-state index in [0.717, 1.165) is 11.0 Å². The van der Waals surface area contributed by atoms with E-state index in [9.17, 15) is 4.79 Å². The van der Waals surface area contributed by atoms with E-state index in [1.807, 2.05) is 24.3 Å². The number of imidazole rings is 1. The number of hydrogen-bond acceptors (Lipinski definition) is 4. The predicted molar refractivity (Wildman–Crippen MR) is 66.1 cm³/mol. The van der Waals surface area contributed by atoms with Gasteiger partial charge in [-0.05, 0) is 12.1 Å². The van der Waals surface area contributed by atoms with Crippen LogP contribution in [0.1, 0.15) is 10.4 Å². The molecule has 0 saturated heterocycles. The lowest BCUT2D eigenvalue weighted by Crippen LogP contribution is -2.11. The Labute approximate surface area is 101 Å². The first-order valence-electron chi connectivity index (χ1n) is 5.25. The Morgan fingerprint density at radius 2 is 2.11 bits per heavy atom. The lowest BCUT2D eigenvalue weighted by Gasteiger charge is -1.92. The largest absolute Gasteiger partial charge is 0.382 e. The molecule has 0 unspecified atom stereocenters. The number of carbonyl (C=O) groups excluding carboxylic acids is 1. The Morgan fingerprint density at radius 1 is 1.33 bits per heavy atom. The summed E-state index contributed by atoms with van der Waals surface area (Å²) in [6.45, 7) is 0. The zero-order valence-corrected chi connectivity index (χ0v) is 9.29. The number of aromatic nitrogens is 4. The van der Waals surface area contributed by atoms with Crippen molar-refractivity contribution in [3.05, 3.63) is 36.0 Å². The first-order valence-corrected chi connectivity index (χ1v) is 5.25. The molecule has 18 heavy (non-hydrogen) atoms.